The van der Waals surface area contributed by atoms with E-state index < -0.39 is 16.1 Å². The molecule has 168 valence electrons. The minimum absolute atomic E-state index is 0.144. The molecular weight excluding hydrogens is 446 g/mol. The van der Waals surface area contributed by atoms with Gasteiger partial charge >= 0.3 is 0 Å². The summed E-state index contributed by atoms with van der Waals surface area (Å²) >= 11 is 1.33. The van der Waals surface area contributed by atoms with Crippen molar-refractivity contribution in [1.82, 2.24) is 9.29 Å². The molecule has 3 aromatic rings. The molecule has 1 aliphatic rings. The third-order valence-corrected chi connectivity index (χ3v) is 8.24. The summed E-state index contributed by atoms with van der Waals surface area (Å²) in [5, 5.41) is 5.15. The maximum Gasteiger partial charge on any atom is 0.244 e. The summed E-state index contributed by atoms with van der Waals surface area (Å²) < 4.78 is 32.6. The maximum atomic E-state index is 13.1. The standard InChI is InChI=1S/C23H25N3O4S2/c1-3-16-6-8-17(9-7-16)20-15-31-23(24-20)25-22(27)21-5-4-14-26(21)32(28,29)19-12-10-18(30-2)11-13-19/h6-13,15,21H,3-5,14H2,1-2H3,(H,24,25,27). The Labute approximate surface area is 192 Å². The summed E-state index contributed by atoms with van der Waals surface area (Å²) in [4.78, 5) is 17.6. The number of carbonyl (C=O) groups excluding carboxylic acids is 1. The number of benzene rings is 2. The molecule has 1 amide bonds. The van der Waals surface area contributed by atoms with Crippen molar-refractivity contribution in [2.45, 2.75) is 37.1 Å². The highest BCUT2D eigenvalue weighted by Gasteiger charge is 2.39. The first kappa shape index (κ1) is 22.4. The lowest BCUT2D eigenvalue weighted by molar-refractivity contribution is -0.119. The molecule has 0 aliphatic carbocycles. The van der Waals surface area contributed by atoms with Gasteiger partial charge in [0, 0.05) is 17.5 Å². The number of hydrogen-bond acceptors (Lipinski definition) is 6. The fraction of sp³-hybridized carbons (Fsp3) is 0.304. The lowest BCUT2D eigenvalue weighted by atomic mass is 10.1. The Morgan fingerprint density at radius 1 is 1.19 bits per heavy atom. The zero-order valence-corrected chi connectivity index (χ0v) is 19.6. The summed E-state index contributed by atoms with van der Waals surface area (Å²) in [5.41, 5.74) is 3.00. The Bertz CT molecular complexity index is 1190. The highest BCUT2D eigenvalue weighted by molar-refractivity contribution is 7.89. The zero-order chi connectivity index (χ0) is 22.7. The summed E-state index contributed by atoms with van der Waals surface area (Å²) in [6.45, 7) is 2.41. The van der Waals surface area contributed by atoms with Crippen LogP contribution in [0.1, 0.15) is 25.3 Å². The highest BCUT2D eigenvalue weighted by Crippen LogP contribution is 2.29. The van der Waals surface area contributed by atoms with Crippen LogP contribution in [0.5, 0.6) is 5.75 Å². The fourth-order valence-electron chi connectivity index (χ4n) is 3.74. The van der Waals surface area contributed by atoms with Gasteiger partial charge in [-0.3, -0.25) is 4.79 Å². The molecule has 1 aromatic heterocycles. The Hall–Kier alpha value is -2.75. The van der Waals surface area contributed by atoms with E-state index in [9.17, 15) is 13.2 Å². The van der Waals surface area contributed by atoms with E-state index in [2.05, 4.69) is 29.4 Å². The minimum atomic E-state index is -3.79. The van der Waals surface area contributed by atoms with E-state index in [0.717, 1.165) is 17.7 Å². The molecule has 7 nitrogen and oxygen atoms in total. The van der Waals surface area contributed by atoms with Gasteiger partial charge in [0.2, 0.25) is 15.9 Å². The summed E-state index contributed by atoms with van der Waals surface area (Å²) in [6, 6.07) is 13.6. The van der Waals surface area contributed by atoms with Crippen LogP contribution >= 0.6 is 11.3 Å². The Morgan fingerprint density at radius 2 is 1.91 bits per heavy atom. The molecule has 0 bridgehead atoms. The number of nitrogens with one attached hydrogen (secondary N) is 1. The predicted molar refractivity (Wildman–Crippen MR) is 125 cm³/mol. The Morgan fingerprint density at radius 3 is 2.56 bits per heavy atom. The van der Waals surface area contributed by atoms with Crippen molar-refractivity contribution in [3.05, 3.63) is 59.5 Å². The highest BCUT2D eigenvalue weighted by atomic mass is 32.2. The number of ether oxygens (including phenoxy) is 1. The van der Waals surface area contributed by atoms with Crippen LogP contribution in [-0.2, 0) is 21.2 Å². The van der Waals surface area contributed by atoms with Gasteiger partial charge in [-0.25, -0.2) is 13.4 Å². The van der Waals surface area contributed by atoms with Gasteiger partial charge < -0.3 is 10.1 Å². The van der Waals surface area contributed by atoms with Crippen molar-refractivity contribution in [3.8, 4) is 17.0 Å². The first-order valence-corrected chi connectivity index (χ1v) is 12.8. The van der Waals surface area contributed by atoms with Gasteiger partial charge in [0.25, 0.3) is 0 Å². The normalized spacial score (nSPS) is 16.8. The molecule has 2 aromatic carbocycles. The van der Waals surface area contributed by atoms with Gasteiger partial charge in [-0.05, 0) is 49.1 Å². The van der Waals surface area contributed by atoms with E-state index in [-0.39, 0.29) is 10.8 Å². The number of aromatic nitrogens is 1. The smallest absolute Gasteiger partial charge is 0.244 e. The second kappa shape index (κ2) is 9.40. The maximum absolute atomic E-state index is 13.1. The minimum Gasteiger partial charge on any atom is -0.497 e. The molecule has 9 heteroatoms. The molecule has 0 saturated carbocycles. The number of rotatable bonds is 7. The molecule has 1 atom stereocenters. The van der Waals surface area contributed by atoms with Crippen LogP contribution < -0.4 is 10.1 Å². The lowest BCUT2D eigenvalue weighted by Crippen LogP contribution is -2.43. The van der Waals surface area contributed by atoms with Crippen LogP contribution in [0.15, 0.2) is 58.8 Å². The van der Waals surface area contributed by atoms with Crippen molar-refractivity contribution in [2.24, 2.45) is 0 Å². The van der Waals surface area contributed by atoms with E-state index in [1.54, 1.807) is 12.1 Å². The molecular formula is C23H25N3O4S2. The average molecular weight is 472 g/mol. The van der Waals surface area contributed by atoms with Crippen molar-refractivity contribution in [2.75, 3.05) is 19.0 Å². The predicted octanol–water partition coefficient (Wildman–Crippen LogP) is 4.17. The Balaban J connectivity index is 1.48. The van der Waals surface area contributed by atoms with E-state index in [1.807, 2.05) is 17.5 Å². The van der Waals surface area contributed by atoms with Crippen molar-refractivity contribution < 1.29 is 17.9 Å². The van der Waals surface area contributed by atoms with Gasteiger partial charge in [-0.15, -0.1) is 11.3 Å². The molecule has 4 rings (SSSR count). The summed E-state index contributed by atoms with van der Waals surface area (Å²) in [5.74, 6) is 0.213. The lowest BCUT2D eigenvalue weighted by Gasteiger charge is -2.23. The molecule has 1 N–H and O–H groups in total. The van der Waals surface area contributed by atoms with Crippen molar-refractivity contribution >= 4 is 32.4 Å². The Kier molecular flexibility index (Phi) is 6.59. The molecule has 1 aliphatic heterocycles. The third kappa shape index (κ3) is 4.55. The number of carbonyl (C=O) groups is 1. The number of amides is 1. The summed E-state index contributed by atoms with van der Waals surface area (Å²) in [6.07, 6.45) is 2.06. The van der Waals surface area contributed by atoms with E-state index >= 15 is 0 Å². The van der Waals surface area contributed by atoms with E-state index in [1.165, 1.54) is 40.4 Å². The molecule has 1 unspecified atom stereocenters. The monoisotopic (exact) mass is 471 g/mol. The number of thiazole rings is 1. The quantitative estimate of drug-likeness (QED) is 0.559. The number of nitrogens with zero attached hydrogens (tertiary/aromatic N) is 2. The SMILES string of the molecule is CCc1ccc(-c2csc(NC(=O)C3CCCN3S(=O)(=O)c3ccc(OC)cc3)n2)cc1. The zero-order valence-electron chi connectivity index (χ0n) is 17.9. The molecule has 32 heavy (non-hydrogen) atoms. The molecule has 1 saturated heterocycles. The van der Waals surface area contributed by atoms with Gasteiger partial charge in [0.15, 0.2) is 5.13 Å². The first-order valence-electron chi connectivity index (χ1n) is 10.4. The van der Waals surface area contributed by atoms with Crippen molar-refractivity contribution in [3.63, 3.8) is 0 Å². The number of methoxy groups -OCH3 is 1. The van der Waals surface area contributed by atoms with Gasteiger partial charge in [-0.1, -0.05) is 31.2 Å². The topological polar surface area (TPSA) is 88.6 Å². The van der Waals surface area contributed by atoms with Crippen LogP contribution in [-0.4, -0.2) is 43.3 Å². The van der Waals surface area contributed by atoms with Crippen LogP contribution in [0.4, 0.5) is 5.13 Å². The van der Waals surface area contributed by atoms with E-state index in [0.29, 0.717) is 30.3 Å². The second-order valence-electron chi connectivity index (χ2n) is 7.53. The molecule has 1 fully saturated rings. The fourth-order valence-corrected chi connectivity index (χ4v) is 6.12. The van der Waals surface area contributed by atoms with Gasteiger partial charge in [0.1, 0.15) is 11.8 Å². The number of anilines is 1. The van der Waals surface area contributed by atoms with E-state index in [4.69, 9.17) is 4.74 Å². The molecule has 0 radical (unpaired) electrons. The van der Waals surface area contributed by atoms with Crippen LogP contribution in [0.2, 0.25) is 0 Å². The van der Waals surface area contributed by atoms with Crippen molar-refractivity contribution in [1.29, 1.82) is 0 Å². The van der Waals surface area contributed by atoms with Crippen LogP contribution in [0.3, 0.4) is 0 Å². The first-order chi connectivity index (χ1) is 15.4. The number of sulfonamides is 1. The molecule has 2 heterocycles. The number of aryl methyl sites for hydroxylation is 1. The second-order valence-corrected chi connectivity index (χ2v) is 10.3. The largest absolute Gasteiger partial charge is 0.497 e. The number of hydrogen-bond donors (Lipinski definition) is 1. The average Bonchev–Trinajstić information content (AvgIpc) is 3.49. The third-order valence-electron chi connectivity index (χ3n) is 5.56. The van der Waals surface area contributed by atoms with Crippen LogP contribution in [0, 0.1) is 0 Å². The summed E-state index contributed by atoms with van der Waals surface area (Å²) in [7, 11) is -2.27. The molecule has 0 spiro atoms. The van der Waals surface area contributed by atoms with Gasteiger partial charge in [0.05, 0.1) is 17.7 Å². The van der Waals surface area contributed by atoms with Crippen LogP contribution in [0.25, 0.3) is 11.3 Å². The van der Waals surface area contributed by atoms with Gasteiger partial charge in [-0.2, -0.15) is 4.31 Å².